The Labute approximate surface area is 166 Å². The summed E-state index contributed by atoms with van der Waals surface area (Å²) in [5.74, 6) is 0.860. The molecule has 0 bridgehead atoms. The van der Waals surface area contributed by atoms with Gasteiger partial charge in [-0.05, 0) is 37.6 Å². The minimum Gasteiger partial charge on any atom is -0.375 e. The number of guanidine groups is 1. The van der Waals surface area contributed by atoms with E-state index in [0.717, 1.165) is 32.0 Å². The molecule has 2 N–H and O–H groups in total. The van der Waals surface area contributed by atoms with Crippen LogP contribution in [0.4, 0.5) is 5.69 Å². The highest BCUT2D eigenvalue weighted by atomic mass is 127. The lowest BCUT2D eigenvalue weighted by atomic mass is 10.3. The van der Waals surface area contributed by atoms with E-state index in [1.165, 1.54) is 15.4 Å². The van der Waals surface area contributed by atoms with Crippen LogP contribution in [0.5, 0.6) is 0 Å². The highest BCUT2D eigenvalue weighted by Gasteiger charge is 2.02. The van der Waals surface area contributed by atoms with Crippen molar-refractivity contribution >= 4 is 47.0 Å². The Bertz CT molecular complexity index is 612. The topological polar surface area (TPSA) is 39.7 Å². The fraction of sp³-hybridized carbons (Fsp3) is 0.389. The van der Waals surface area contributed by atoms with Crippen molar-refractivity contribution in [2.24, 2.45) is 4.99 Å². The van der Waals surface area contributed by atoms with Crippen LogP contribution in [0.2, 0.25) is 0 Å². The Kier molecular flexibility index (Phi) is 9.78. The number of rotatable bonds is 7. The van der Waals surface area contributed by atoms with E-state index >= 15 is 0 Å². The summed E-state index contributed by atoms with van der Waals surface area (Å²) in [6.45, 7) is 4.87. The predicted molar refractivity (Wildman–Crippen MR) is 117 cm³/mol. The Morgan fingerprint density at radius 2 is 1.88 bits per heavy atom. The molecule has 0 unspecified atom stereocenters. The Hall–Kier alpha value is -1.28. The highest BCUT2D eigenvalue weighted by Crippen LogP contribution is 2.14. The lowest BCUT2D eigenvalue weighted by Gasteiger charge is -2.19. The molecule has 2 aromatic rings. The van der Waals surface area contributed by atoms with Crippen LogP contribution < -0.4 is 15.5 Å². The van der Waals surface area contributed by atoms with Gasteiger partial charge < -0.3 is 15.5 Å². The van der Waals surface area contributed by atoms with E-state index in [0.29, 0.717) is 0 Å². The number of benzene rings is 1. The molecule has 0 aliphatic heterocycles. The van der Waals surface area contributed by atoms with Gasteiger partial charge in [0.05, 0.1) is 6.54 Å². The first-order valence-electron chi connectivity index (χ1n) is 7.95. The standard InChI is InChI=1S/C18H26N4S.HI/c1-15-10-11-17(23-15)14-21-18(19-2)20-12-7-13-22(3)16-8-5-4-6-9-16;/h4-6,8-11H,7,12-14H2,1-3H3,(H2,19,20,21);1H. The maximum Gasteiger partial charge on any atom is 0.191 e. The van der Waals surface area contributed by atoms with E-state index in [1.807, 2.05) is 24.5 Å². The van der Waals surface area contributed by atoms with Crippen LogP contribution in [-0.4, -0.2) is 33.1 Å². The van der Waals surface area contributed by atoms with Crippen LogP contribution in [0, 0.1) is 6.92 Å². The average Bonchev–Trinajstić information content (AvgIpc) is 3.00. The van der Waals surface area contributed by atoms with E-state index in [-0.39, 0.29) is 24.0 Å². The number of nitrogens with one attached hydrogen (secondary N) is 2. The van der Waals surface area contributed by atoms with Gasteiger partial charge in [0.25, 0.3) is 0 Å². The second kappa shape index (κ2) is 11.3. The maximum absolute atomic E-state index is 4.27. The van der Waals surface area contributed by atoms with Crippen LogP contribution in [0.3, 0.4) is 0 Å². The molecular formula is C18H27IN4S. The Morgan fingerprint density at radius 3 is 2.50 bits per heavy atom. The van der Waals surface area contributed by atoms with Crippen molar-refractivity contribution in [1.29, 1.82) is 0 Å². The molecule has 1 heterocycles. The highest BCUT2D eigenvalue weighted by molar-refractivity contribution is 14.0. The van der Waals surface area contributed by atoms with Crippen molar-refractivity contribution < 1.29 is 0 Å². The fourth-order valence-electron chi connectivity index (χ4n) is 2.31. The lowest BCUT2D eigenvalue weighted by molar-refractivity contribution is 0.730. The molecule has 24 heavy (non-hydrogen) atoms. The third-order valence-electron chi connectivity index (χ3n) is 3.61. The molecule has 0 spiro atoms. The number of halogens is 1. The molecule has 6 heteroatoms. The molecule has 1 aromatic carbocycles. The second-order valence-electron chi connectivity index (χ2n) is 5.48. The van der Waals surface area contributed by atoms with Crippen LogP contribution in [-0.2, 0) is 6.54 Å². The third kappa shape index (κ3) is 7.09. The summed E-state index contributed by atoms with van der Waals surface area (Å²) in [7, 11) is 3.94. The van der Waals surface area contributed by atoms with Gasteiger partial charge in [0.1, 0.15) is 0 Å². The summed E-state index contributed by atoms with van der Waals surface area (Å²) in [5.41, 5.74) is 1.25. The molecule has 4 nitrogen and oxygen atoms in total. The molecular weight excluding hydrogens is 431 g/mol. The Morgan fingerprint density at radius 1 is 1.12 bits per heavy atom. The lowest BCUT2D eigenvalue weighted by Crippen LogP contribution is -2.38. The molecule has 0 aliphatic rings. The van der Waals surface area contributed by atoms with Gasteiger partial charge in [0.2, 0.25) is 0 Å². The maximum atomic E-state index is 4.27. The quantitative estimate of drug-likeness (QED) is 0.287. The first-order chi connectivity index (χ1) is 11.2. The number of anilines is 1. The van der Waals surface area contributed by atoms with E-state index in [9.17, 15) is 0 Å². The number of para-hydroxylation sites is 1. The summed E-state index contributed by atoms with van der Waals surface area (Å²) in [6.07, 6.45) is 1.06. The van der Waals surface area contributed by atoms with Crippen molar-refractivity contribution in [2.45, 2.75) is 19.9 Å². The smallest absolute Gasteiger partial charge is 0.191 e. The van der Waals surface area contributed by atoms with Gasteiger partial charge in [0.15, 0.2) is 5.96 Å². The van der Waals surface area contributed by atoms with Gasteiger partial charge in [-0.1, -0.05) is 18.2 Å². The van der Waals surface area contributed by atoms with Crippen molar-refractivity contribution in [3.8, 4) is 0 Å². The molecule has 2 rings (SSSR count). The summed E-state index contributed by atoms with van der Waals surface area (Å²) in [6, 6.07) is 14.8. The molecule has 132 valence electrons. The van der Waals surface area contributed by atoms with Crippen LogP contribution in [0.15, 0.2) is 47.5 Å². The third-order valence-corrected chi connectivity index (χ3v) is 4.61. The summed E-state index contributed by atoms with van der Waals surface area (Å²) in [4.78, 5) is 9.21. The van der Waals surface area contributed by atoms with Crippen LogP contribution in [0.25, 0.3) is 0 Å². The van der Waals surface area contributed by atoms with Gasteiger partial charge >= 0.3 is 0 Å². The normalized spacial score (nSPS) is 10.9. The zero-order valence-corrected chi connectivity index (χ0v) is 17.7. The van der Waals surface area contributed by atoms with Gasteiger partial charge in [-0.25, -0.2) is 0 Å². The molecule has 1 aromatic heterocycles. The van der Waals surface area contributed by atoms with Crippen molar-refractivity contribution in [2.75, 3.05) is 32.1 Å². The second-order valence-corrected chi connectivity index (χ2v) is 6.85. The molecule has 0 radical (unpaired) electrons. The van der Waals surface area contributed by atoms with Crippen molar-refractivity contribution in [3.63, 3.8) is 0 Å². The molecule has 0 saturated heterocycles. The SMILES string of the molecule is CN=C(NCCCN(C)c1ccccc1)NCc1ccc(C)s1.I. The first-order valence-corrected chi connectivity index (χ1v) is 8.76. The fourth-order valence-corrected chi connectivity index (χ4v) is 3.14. The number of thiophene rings is 1. The van der Waals surface area contributed by atoms with Gasteiger partial charge in [-0.15, -0.1) is 35.3 Å². The molecule has 0 saturated carbocycles. The zero-order valence-electron chi connectivity index (χ0n) is 14.6. The van der Waals surface area contributed by atoms with Crippen molar-refractivity contribution in [1.82, 2.24) is 10.6 Å². The molecule has 0 aliphatic carbocycles. The number of aliphatic imine (C=N–C) groups is 1. The minimum absolute atomic E-state index is 0. The largest absolute Gasteiger partial charge is 0.375 e. The summed E-state index contributed by atoms with van der Waals surface area (Å²) < 4.78 is 0. The first kappa shape index (κ1) is 20.8. The molecule has 0 fully saturated rings. The van der Waals surface area contributed by atoms with Crippen LogP contribution >= 0.6 is 35.3 Å². The number of hydrogen-bond acceptors (Lipinski definition) is 3. The molecule has 0 atom stereocenters. The minimum atomic E-state index is 0. The average molecular weight is 458 g/mol. The number of hydrogen-bond donors (Lipinski definition) is 2. The van der Waals surface area contributed by atoms with Crippen molar-refractivity contribution in [3.05, 3.63) is 52.2 Å². The predicted octanol–water partition coefficient (Wildman–Crippen LogP) is 3.87. The van der Waals surface area contributed by atoms with Crippen LogP contribution in [0.1, 0.15) is 16.2 Å². The van der Waals surface area contributed by atoms with Gasteiger partial charge in [0, 0.05) is 42.6 Å². The Balaban J connectivity index is 0.00000288. The van der Waals surface area contributed by atoms with E-state index in [2.05, 4.69) is 70.9 Å². The summed E-state index contributed by atoms with van der Waals surface area (Å²) in [5, 5.41) is 6.72. The van der Waals surface area contributed by atoms with E-state index in [1.54, 1.807) is 0 Å². The number of nitrogens with zero attached hydrogens (tertiary/aromatic N) is 2. The van der Waals surface area contributed by atoms with Gasteiger partial charge in [-0.2, -0.15) is 0 Å². The monoisotopic (exact) mass is 458 g/mol. The van der Waals surface area contributed by atoms with E-state index < -0.39 is 0 Å². The molecule has 0 amide bonds. The summed E-state index contributed by atoms with van der Waals surface area (Å²) >= 11 is 1.82. The zero-order chi connectivity index (χ0) is 16.5. The van der Waals surface area contributed by atoms with Gasteiger partial charge in [-0.3, -0.25) is 4.99 Å². The number of aryl methyl sites for hydroxylation is 1. The van der Waals surface area contributed by atoms with E-state index in [4.69, 9.17) is 0 Å².